The van der Waals surface area contributed by atoms with Gasteiger partial charge >= 0.3 is 5.97 Å². The van der Waals surface area contributed by atoms with Gasteiger partial charge in [-0.15, -0.1) is 0 Å². The van der Waals surface area contributed by atoms with Crippen LogP contribution in [0.2, 0.25) is 0 Å². The minimum atomic E-state index is -0.727. The molecule has 0 bridgehead atoms. The largest absolute Gasteiger partial charge is 0.481 e. The van der Waals surface area contributed by atoms with E-state index in [0.29, 0.717) is 6.04 Å². The molecule has 0 spiro atoms. The Balaban J connectivity index is 2.27. The fourth-order valence-electron chi connectivity index (χ4n) is 2.39. The highest BCUT2D eigenvalue weighted by molar-refractivity contribution is 5.70. The smallest absolute Gasteiger partial charge is 0.307 e. The summed E-state index contributed by atoms with van der Waals surface area (Å²) in [7, 11) is 0. The number of carboxylic acid groups (broad SMARTS) is 1. The van der Waals surface area contributed by atoms with Crippen molar-refractivity contribution in [3.63, 3.8) is 0 Å². The average molecular weight is 242 g/mol. The van der Waals surface area contributed by atoms with Crippen molar-refractivity contribution in [1.82, 2.24) is 10.2 Å². The number of rotatable bonds is 6. The van der Waals surface area contributed by atoms with Gasteiger partial charge in [0.2, 0.25) is 0 Å². The van der Waals surface area contributed by atoms with Crippen LogP contribution in [0.15, 0.2) is 0 Å². The normalized spacial score (nSPS) is 23.0. The molecule has 0 aromatic heterocycles. The van der Waals surface area contributed by atoms with Gasteiger partial charge in [-0.1, -0.05) is 13.3 Å². The summed E-state index contributed by atoms with van der Waals surface area (Å²) in [5.74, 6) is -1.06. The molecule has 1 saturated heterocycles. The first-order chi connectivity index (χ1) is 8.00. The number of nitrogens with zero attached hydrogens (tertiary/aromatic N) is 1. The zero-order valence-corrected chi connectivity index (χ0v) is 11.3. The first-order valence-corrected chi connectivity index (χ1v) is 6.72. The maximum atomic E-state index is 10.9. The van der Waals surface area contributed by atoms with E-state index in [1.807, 2.05) is 6.92 Å². The second-order valence-corrected chi connectivity index (χ2v) is 5.34. The van der Waals surface area contributed by atoms with Crippen molar-refractivity contribution in [2.24, 2.45) is 5.92 Å². The summed E-state index contributed by atoms with van der Waals surface area (Å²) in [6.45, 7) is 9.25. The van der Waals surface area contributed by atoms with Gasteiger partial charge in [-0.3, -0.25) is 4.79 Å². The first kappa shape index (κ1) is 14.5. The fourth-order valence-corrected chi connectivity index (χ4v) is 2.39. The summed E-state index contributed by atoms with van der Waals surface area (Å²) in [6, 6.07) is 0.372. The van der Waals surface area contributed by atoms with Gasteiger partial charge in [0.1, 0.15) is 0 Å². The third-order valence-corrected chi connectivity index (χ3v) is 3.67. The summed E-state index contributed by atoms with van der Waals surface area (Å²) in [6.07, 6.45) is 3.95. The Bertz CT molecular complexity index is 240. The monoisotopic (exact) mass is 242 g/mol. The van der Waals surface area contributed by atoms with Crippen LogP contribution >= 0.6 is 0 Å². The Kier molecular flexibility index (Phi) is 5.92. The highest BCUT2D eigenvalue weighted by Crippen LogP contribution is 2.10. The Morgan fingerprint density at radius 1 is 1.24 bits per heavy atom. The summed E-state index contributed by atoms with van der Waals surface area (Å²) >= 11 is 0. The summed E-state index contributed by atoms with van der Waals surface area (Å²) < 4.78 is 0. The Morgan fingerprint density at radius 2 is 1.82 bits per heavy atom. The lowest BCUT2D eigenvalue weighted by atomic mass is 10.0. The standard InChI is InChI=1S/C13H26N2O2/c1-10(9-15-7-5-4-6-8-15)14-12(3)11(2)13(16)17/h10-12,14H,4-9H2,1-3H3,(H,16,17). The van der Waals surface area contributed by atoms with Crippen LogP contribution in [0.4, 0.5) is 0 Å². The minimum Gasteiger partial charge on any atom is -0.481 e. The van der Waals surface area contributed by atoms with Gasteiger partial charge in [0, 0.05) is 18.6 Å². The maximum absolute atomic E-state index is 10.9. The number of carbonyl (C=O) groups is 1. The summed E-state index contributed by atoms with van der Waals surface area (Å²) in [5, 5.41) is 12.3. The molecule has 0 amide bonds. The molecule has 1 aliphatic rings. The van der Waals surface area contributed by atoms with Crippen molar-refractivity contribution in [3.8, 4) is 0 Å². The van der Waals surface area contributed by atoms with Gasteiger partial charge in [0.15, 0.2) is 0 Å². The maximum Gasteiger partial charge on any atom is 0.307 e. The number of nitrogens with one attached hydrogen (secondary N) is 1. The lowest BCUT2D eigenvalue weighted by molar-refractivity contribution is -0.142. The molecular formula is C13H26N2O2. The van der Waals surface area contributed by atoms with Gasteiger partial charge in [-0.2, -0.15) is 0 Å². The Morgan fingerprint density at radius 3 is 2.35 bits per heavy atom. The molecule has 4 heteroatoms. The SMILES string of the molecule is CC(CN1CCCCC1)NC(C)C(C)C(=O)O. The molecule has 0 saturated carbocycles. The second-order valence-electron chi connectivity index (χ2n) is 5.34. The van der Waals surface area contributed by atoms with Crippen molar-refractivity contribution < 1.29 is 9.90 Å². The predicted molar refractivity (Wildman–Crippen MR) is 69.2 cm³/mol. The van der Waals surface area contributed by atoms with Crippen LogP contribution in [0, 0.1) is 5.92 Å². The van der Waals surface area contributed by atoms with Crippen molar-refractivity contribution in [3.05, 3.63) is 0 Å². The molecule has 3 unspecified atom stereocenters. The van der Waals surface area contributed by atoms with Crippen LogP contribution in [0.25, 0.3) is 0 Å². The molecule has 1 aliphatic heterocycles. The van der Waals surface area contributed by atoms with Crippen LogP contribution < -0.4 is 5.32 Å². The highest BCUT2D eigenvalue weighted by atomic mass is 16.4. The number of carboxylic acids is 1. The lowest BCUT2D eigenvalue weighted by Gasteiger charge is -2.31. The zero-order chi connectivity index (χ0) is 12.8. The topological polar surface area (TPSA) is 52.6 Å². The van der Waals surface area contributed by atoms with Crippen molar-refractivity contribution in [2.45, 2.75) is 52.1 Å². The van der Waals surface area contributed by atoms with E-state index in [2.05, 4.69) is 17.1 Å². The molecule has 1 rings (SSSR count). The van der Waals surface area contributed by atoms with Crippen molar-refractivity contribution in [1.29, 1.82) is 0 Å². The molecule has 1 fully saturated rings. The zero-order valence-electron chi connectivity index (χ0n) is 11.3. The van der Waals surface area contributed by atoms with Crippen molar-refractivity contribution >= 4 is 5.97 Å². The number of aliphatic carboxylic acids is 1. The molecule has 100 valence electrons. The predicted octanol–water partition coefficient (Wildman–Crippen LogP) is 1.56. The minimum absolute atomic E-state index is 0.0206. The fraction of sp³-hybridized carbons (Fsp3) is 0.923. The lowest BCUT2D eigenvalue weighted by Crippen LogP contribution is -2.47. The Labute approximate surface area is 104 Å². The molecule has 1 heterocycles. The molecule has 0 aliphatic carbocycles. The summed E-state index contributed by atoms with van der Waals surface area (Å²) in [4.78, 5) is 13.3. The number of hydrogen-bond donors (Lipinski definition) is 2. The van der Waals surface area contributed by atoms with Crippen molar-refractivity contribution in [2.75, 3.05) is 19.6 Å². The first-order valence-electron chi connectivity index (χ1n) is 6.72. The van der Waals surface area contributed by atoms with E-state index in [0.717, 1.165) is 6.54 Å². The number of hydrogen-bond acceptors (Lipinski definition) is 3. The van der Waals surface area contributed by atoms with E-state index >= 15 is 0 Å². The third kappa shape index (κ3) is 5.04. The molecular weight excluding hydrogens is 216 g/mol. The second kappa shape index (κ2) is 6.97. The van der Waals surface area contributed by atoms with E-state index in [1.165, 1.54) is 32.4 Å². The molecule has 0 radical (unpaired) electrons. The van der Waals surface area contributed by atoms with Crippen LogP contribution in [0.3, 0.4) is 0 Å². The molecule has 3 atom stereocenters. The van der Waals surface area contributed by atoms with Gasteiger partial charge < -0.3 is 15.3 Å². The quantitative estimate of drug-likeness (QED) is 0.742. The Hall–Kier alpha value is -0.610. The van der Waals surface area contributed by atoms with E-state index in [1.54, 1.807) is 6.92 Å². The molecule has 2 N–H and O–H groups in total. The highest BCUT2D eigenvalue weighted by Gasteiger charge is 2.21. The molecule has 0 aromatic rings. The number of likely N-dealkylation sites (tertiary alicyclic amines) is 1. The third-order valence-electron chi connectivity index (χ3n) is 3.67. The van der Waals surface area contributed by atoms with Gasteiger partial charge in [-0.25, -0.2) is 0 Å². The molecule has 17 heavy (non-hydrogen) atoms. The molecule has 0 aromatic carbocycles. The van der Waals surface area contributed by atoms with Crippen LogP contribution in [-0.2, 0) is 4.79 Å². The van der Waals surface area contributed by atoms with Crippen LogP contribution in [0.1, 0.15) is 40.0 Å². The van der Waals surface area contributed by atoms with Crippen LogP contribution in [0.5, 0.6) is 0 Å². The van der Waals surface area contributed by atoms with E-state index in [9.17, 15) is 4.79 Å². The average Bonchev–Trinajstić information content (AvgIpc) is 2.28. The summed E-state index contributed by atoms with van der Waals surface area (Å²) in [5.41, 5.74) is 0. The molecule has 4 nitrogen and oxygen atoms in total. The number of piperidine rings is 1. The van der Waals surface area contributed by atoms with E-state index < -0.39 is 5.97 Å². The van der Waals surface area contributed by atoms with Gasteiger partial charge in [-0.05, 0) is 39.8 Å². The van der Waals surface area contributed by atoms with Gasteiger partial charge in [0.25, 0.3) is 0 Å². The van der Waals surface area contributed by atoms with Gasteiger partial charge in [0.05, 0.1) is 5.92 Å². The van der Waals surface area contributed by atoms with E-state index in [4.69, 9.17) is 5.11 Å². The van der Waals surface area contributed by atoms with E-state index in [-0.39, 0.29) is 12.0 Å². The van der Waals surface area contributed by atoms with Crippen LogP contribution in [-0.4, -0.2) is 47.7 Å².